The van der Waals surface area contributed by atoms with Crippen LogP contribution in [0.25, 0.3) is 0 Å². The standard InChI is InChI=1S/C21H15Cl2N3O4S/c1-12(13-4-7-15(8-5-13)30-21(29)18-3-2-10-31-18)25-26-20(28)19(27)24-14-6-9-16(22)17(23)11-14/h2-11H,1H3,(H,24,27)(H,26,28)/b25-12+. The van der Waals surface area contributed by atoms with Crippen molar-refractivity contribution >= 4 is 63.7 Å². The SMILES string of the molecule is C/C(=N\NC(=O)C(=O)Nc1ccc(Cl)c(Cl)c1)c1ccc(OC(=O)c2cccs2)cc1. The number of hydrogen-bond donors (Lipinski definition) is 2. The number of esters is 1. The van der Waals surface area contributed by atoms with Crippen molar-refractivity contribution in [3.05, 3.63) is 80.5 Å². The van der Waals surface area contributed by atoms with E-state index in [9.17, 15) is 14.4 Å². The van der Waals surface area contributed by atoms with Crippen LogP contribution in [-0.2, 0) is 9.59 Å². The molecule has 0 bridgehead atoms. The molecule has 0 saturated carbocycles. The first-order chi connectivity index (χ1) is 14.8. The molecule has 0 fully saturated rings. The molecule has 1 heterocycles. The highest BCUT2D eigenvalue weighted by atomic mass is 35.5. The van der Waals surface area contributed by atoms with Crippen LogP contribution in [0.2, 0.25) is 10.0 Å². The molecule has 2 aromatic carbocycles. The van der Waals surface area contributed by atoms with Crippen LogP contribution in [0.15, 0.2) is 65.1 Å². The maximum absolute atomic E-state index is 12.0. The summed E-state index contributed by atoms with van der Waals surface area (Å²) >= 11 is 13.0. The molecule has 0 atom stereocenters. The summed E-state index contributed by atoms with van der Waals surface area (Å²) in [5.41, 5.74) is 3.63. The zero-order chi connectivity index (χ0) is 22.4. The molecule has 0 aliphatic rings. The number of carbonyl (C=O) groups is 3. The second-order valence-corrected chi connectivity index (χ2v) is 7.87. The van der Waals surface area contributed by atoms with Crippen LogP contribution in [0.5, 0.6) is 5.75 Å². The van der Waals surface area contributed by atoms with E-state index >= 15 is 0 Å². The summed E-state index contributed by atoms with van der Waals surface area (Å²) in [6, 6.07) is 14.5. The van der Waals surface area contributed by atoms with Crippen molar-refractivity contribution in [2.45, 2.75) is 6.92 Å². The van der Waals surface area contributed by atoms with Gasteiger partial charge in [0, 0.05) is 5.69 Å². The first-order valence-corrected chi connectivity index (χ1v) is 10.4. The van der Waals surface area contributed by atoms with Crippen molar-refractivity contribution in [1.29, 1.82) is 0 Å². The summed E-state index contributed by atoms with van der Waals surface area (Å²) in [6.07, 6.45) is 0. The summed E-state index contributed by atoms with van der Waals surface area (Å²) in [5, 5.41) is 8.69. The van der Waals surface area contributed by atoms with Gasteiger partial charge in [-0.3, -0.25) is 9.59 Å². The van der Waals surface area contributed by atoms with Gasteiger partial charge in [0.15, 0.2) is 0 Å². The van der Waals surface area contributed by atoms with E-state index in [1.165, 1.54) is 29.5 Å². The predicted molar refractivity (Wildman–Crippen MR) is 121 cm³/mol. The first kappa shape index (κ1) is 22.5. The topological polar surface area (TPSA) is 96.9 Å². The number of amides is 2. The molecule has 158 valence electrons. The lowest BCUT2D eigenvalue weighted by atomic mass is 10.1. The Morgan fingerprint density at radius 1 is 0.968 bits per heavy atom. The van der Waals surface area contributed by atoms with Gasteiger partial charge < -0.3 is 10.1 Å². The number of ether oxygens (including phenoxy) is 1. The monoisotopic (exact) mass is 475 g/mol. The van der Waals surface area contributed by atoms with Gasteiger partial charge in [0.05, 0.1) is 15.8 Å². The number of nitrogens with zero attached hydrogens (tertiary/aromatic N) is 1. The van der Waals surface area contributed by atoms with Crippen molar-refractivity contribution in [2.75, 3.05) is 5.32 Å². The molecule has 3 rings (SSSR count). The lowest BCUT2D eigenvalue weighted by Crippen LogP contribution is -2.32. The van der Waals surface area contributed by atoms with Gasteiger partial charge in [0.25, 0.3) is 0 Å². The third-order valence-corrected chi connectivity index (χ3v) is 5.50. The Morgan fingerprint density at radius 3 is 2.35 bits per heavy atom. The molecule has 1 aromatic heterocycles. The summed E-state index contributed by atoms with van der Waals surface area (Å²) in [4.78, 5) is 36.4. The minimum absolute atomic E-state index is 0.248. The molecule has 0 radical (unpaired) electrons. The van der Waals surface area contributed by atoms with Crippen LogP contribution < -0.4 is 15.5 Å². The van der Waals surface area contributed by atoms with E-state index in [2.05, 4.69) is 15.8 Å². The van der Waals surface area contributed by atoms with Crippen molar-refractivity contribution in [3.8, 4) is 5.75 Å². The Morgan fingerprint density at radius 2 is 1.71 bits per heavy atom. The van der Waals surface area contributed by atoms with Crippen LogP contribution in [0.4, 0.5) is 5.69 Å². The Balaban J connectivity index is 1.56. The fourth-order valence-corrected chi connectivity index (χ4v) is 3.22. The van der Waals surface area contributed by atoms with Crippen LogP contribution >= 0.6 is 34.5 Å². The molecule has 0 spiro atoms. The number of benzene rings is 2. The van der Waals surface area contributed by atoms with Crippen molar-refractivity contribution < 1.29 is 19.1 Å². The van der Waals surface area contributed by atoms with Gasteiger partial charge in [0.1, 0.15) is 10.6 Å². The Labute approximate surface area is 191 Å². The summed E-state index contributed by atoms with van der Waals surface area (Å²) in [5.74, 6) is -1.92. The maximum atomic E-state index is 12.0. The second-order valence-electron chi connectivity index (χ2n) is 6.11. The quantitative estimate of drug-likeness (QED) is 0.183. The van der Waals surface area contributed by atoms with Crippen LogP contribution in [0, 0.1) is 0 Å². The minimum Gasteiger partial charge on any atom is -0.422 e. The summed E-state index contributed by atoms with van der Waals surface area (Å²) < 4.78 is 5.29. The Kier molecular flexibility index (Phi) is 7.41. The number of rotatable bonds is 5. The van der Waals surface area contributed by atoms with Crippen LogP contribution in [0.1, 0.15) is 22.2 Å². The van der Waals surface area contributed by atoms with Crippen molar-refractivity contribution in [3.63, 3.8) is 0 Å². The number of carbonyl (C=O) groups excluding carboxylic acids is 3. The smallest absolute Gasteiger partial charge is 0.353 e. The highest BCUT2D eigenvalue weighted by molar-refractivity contribution is 7.12. The highest BCUT2D eigenvalue weighted by Gasteiger charge is 2.14. The van der Waals surface area contributed by atoms with Crippen molar-refractivity contribution in [1.82, 2.24) is 5.43 Å². The molecule has 0 saturated heterocycles. The number of hydrazone groups is 1. The molecular formula is C21H15Cl2N3O4S. The average molecular weight is 476 g/mol. The van der Waals surface area contributed by atoms with E-state index in [4.69, 9.17) is 27.9 Å². The van der Waals surface area contributed by atoms with E-state index in [1.54, 1.807) is 48.7 Å². The first-order valence-electron chi connectivity index (χ1n) is 8.80. The van der Waals surface area contributed by atoms with E-state index in [0.717, 1.165) is 0 Å². The molecule has 7 nitrogen and oxygen atoms in total. The van der Waals surface area contributed by atoms with Gasteiger partial charge in [0.2, 0.25) is 0 Å². The molecule has 3 aromatic rings. The van der Waals surface area contributed by atoms with Gasteiger partial charge in [-0.2, -0.15) is 5.10 Å². The lowest BCUT2D eigenvalue weighted by Gasteiger charge is -2.07. The number of thiophene rings is 1. The minimum atomic E-state index is -0.952. The van der Waals surface area contributed by atoms with Crippen LogP contribution in [-0.4, -0.2) is 23.5 Å². The maximum Gasteiger partial charge on any atom is 0.353 e. The van der Waals surface area contributed by atoms with Gasteiger partial charge in [-0.15, -0.1) is 11.3 Å². The third-order valence-electron chi connectivity index (χ3n) is 3.91. The van der Waals surface area contributed by atoms with Gasteiger partial charge in [-0.25, -0.2) is 10.2 Å². The molecule has 10 heteroatoms. The zero-order valence-electron chi connectivity index (χ0n) is 16.0. The van der Waals surface area contributed by atoms with Crippen molar-refractivity contribution in [2.24, 2.45) is 5.10 Å². The fraction of sp³-hybridized carbons (Fsp3) is 0.0476. The molecule has 31 heavy (non-hydrogen) atoms. The highest BCUT2D eigenvalue weighted by Crippen LogP contribution is 2.25. The Bertz CT molecular complexity index is 1150. The largest absolute Gasteiger partial charge is 0.422 e. The van der Waals surface area contributed by atoms with Gasteiger partial charge >= 0.3 is 17.8 Å². The molecular weight excluding hydrogens is 461 g/mol. The van der Waals surface area contributed by atoms with E-state index in [-0.39, 0.29) is 5.02 Å². The van der Waals surface area contributed by atoms with E-state index in [0.29, 0.717) is 32.6 Å². The summed E-state index contributed by atoms with van der Waals surface area (Å²) in [7, 11) is 0. The molecule has 0 aliphatic carbocycles. The number of halogens is 2. The lowest BCUT2D eigenvalue weighted by molar-refractivity contribution is -0.136. The van der Waals surface area contributed by atoms with Gasteiger partial charge in [-0.1, -0.05) is 29.3 Å². The van der Waals surface area contributed by atoms with E-state index in [1.807, 2.05) is 0 Å². The predicted octanol–water partition coefficient (Wildman–Crippen LogP) is 4.75. The Hall–Kier alpha value is -3.20. The fourth-order valence-electron chi connectivity index (χ4n) is 2.33. The number of nitrogens with one attached hydrogen (secondary N) is 2. The van der Waals surface area contributed by atoms with Crippen LogP contribution in [0.3, 0.4) is 0 Å². The second kappa shape index (κ2) is 10.2. The van der Waals surface area contributed by atoms with Gasteiger partial charge in [-0.05, 0) is 66.4 Å². The van der Waals surface area contributed by atoms with E-state index < -0.39 is 17.8 Å². The molecule has 0 aliphatic heterocycles. The molecule has 2 N–H and O–H groups in total. The third kappa shape index (κ3) is 6.14. The number of hydrogen-bond acceptors (Lipinski definition) is 6. The normalized spacial score (nSPS) is 11.0. The number of anilines is 1. The molecule has 0 unspecified atom stereocenters. The zero-order valence-corrected chi connectivity index (χ0v) is 18.3. The average Bonchev–Trinajstić information content (AvgIpc) is 3.30. The summed E-state index contributed by atoms with van der Waals surface area (Å²) in [6.45, 7) is 1.66. The molecule has 2 amide bonds.